The molecule has 1 fully saturated rings. The minimum absolute atomic E-state index is 0.753. The molecule has 0 aliphatic heterocycles. The maximum atomic E-state index is 4.66. The molecule has 0 unspecified atom stereocenters. The van der Waals surface area contributed by atoms with Crippen LogP contribution in [0.2, 0.25) is 0 Å². The third-order valence-electron chi connectivity index (χ3n) is 3.01. The lowest BCUT2D eigenvalue weighted by Crippen LogP contribution is -2.26. The van der Waals surface area contributed by atoms with Gasteiger partial charge in [-0.1, -0.05) is 12.1 Å². The summed E-state index contributed by atoms with van der Waals surface area (Å²) >= 11 is 0. The number of hydrogen-bond donors (Lipinski definition) is 1. The average molecular weight is 231 g/mol. The highest BCUT2D eigenvalue weighted by Crippen LogP contribution is 2.27. The molecule has 0 spiro atoms. The molecular formula is C14H21N3. The van der Waals surface area contributed by atoms with Crippen molar-refractivity contribution < 1.29 is 0 Å². The molecule has 3 nitrogen and oxygen atoms in total. The molecule has 1 heterocycles. The molecule has 3 heteroatoms. The normalized spacial score (nSPS) is 15.2. The van der Waals surface area contributed by atoms with Gasteiger partial charge in [0.05, 0.1) is 11.4 Å². The van der Waals surface area contributed by atoms with Crippen LogP contribution in [-0.4, -0.2) is 29.5 Å². The molecule has 1 saturated carbocycles. The van der Waals surface area contributed by atoms with Crippen molar-refractivity contribution in [3.05, 3.63) is 42.2 Å². The van der Waals surface area contributed by atoms with E-state index in [2.05, 4.69) is 40.0 Å². The molecule has 17 heavy (non-hydrogen) atoms. The fraction of sp³-hybridized carbons (Fsp3) is 0.500. The Balaban J connectivity index is 2.00. The summed E-state index contributed by atoms with van der Waals surface area (Å²) < 4.78 is 0. The van der Waals surface area contributed by atoms with Crippen molar-refractivity contribution in [2.45, 2.75) is 32.0 Å². The second kappa shape index (κ2) is 5.94. The molecule has 0 bridgehead atoms. The lowest BCUT2D eigenvalue weighted by atomic mass is 10.2. The lowest BCUT2D eigenvalue weighted by Gasteiger charge is -2.19. The Hall–Kier alpha value is -1.19. The minimum Gasteiger partial charge on any atom is -0.314 e. The van der Waals surface area contributed by atoms with Crippen molar-refractivity contribution in [1.29, 1.82) is 0 Å². The minimum atomic E-state index is 0.753. The topological polar surface area (TPSA) is 28.2 Å². The van der Waals surface area contributed by atoms with Gasteiger partial charge in [-0.05, 0) is 32.0 Å². The number of aromatic nitrogens is 1. The highest BCUT2D eigenvalue weighted by molar-refractivity contribution is 5.11. The first-order chi connectivity index (χ1) is 8.33. The van der Waals surface area contributed by atoms with Gasteiger partial charge < -0.3 is 5.32 Å². The van der Waals surface area contributed by atoms with Crippen molar-refractivity contribution in [2.75, 3.05) is 13.6 Å². The predicted octanol–water partition coefficient (Wildman–Crippen LogP) is 1.95. The van der Waals surface area contributed by atoms with Crippen LogP contribution in [0.5, 0.6) is 0 Å². The molecule has 0 saturated heterocycles. The summed E-state index contributed by atoms with van der Waals surface area (Å²) in [5.41, 5.74) is 2.27. The van der Waals surface area contributed by atoms with Crippen LogP contribution in [0.15, 0.2) is 30.9 Å². The maximum absolute atomic E-state index is 4.66. The standard InChI is InChI=1S/C14H21N3/c1-3-9-17(14-7-8-14)11-13-6-4-5-12(16-13)10-15-2/h3-6,14-15H,1,7-11H2,2H3. The van der Waals surface area contributed by atoms with Gasteiger partial charge >= 0.3 is 0 Å². The largest absolute Gasteiger partial charge is 0.314 e. The van der Waals surface area contributed by atoms with Crippen LogP contribution in [-0.2, 0) is 13.1 Å². The molecule has 0 amide bonds. The summed E-state index contributed by atoms with van der Waals surface area (Å²) in [5, 5.41) is 3.13. The van der Waals surface area contributed by atoms with Crippen LogP contribution < -0.4 is 5.32 Å². The Morgan fingerprint density at radius 2 is 2.24 bits per heavy atom. The molecule has 0 aromatic carbocycles. The summed E-state index contributed by atoms with van der Waals surface area (Å²) in [5.74, 6) is 0. The molecule has 1 aromatic rings. The molecule has 1 aliphatic carbocycles. The number of rotatable bonds is 7. The van der Waals surface area contributed by atoms with E-state index in [0.717, 1.165) is 37.1 Å². The van der Waals surface area contributed by atoms with Gasteiger partial charge in [-0.25, -0.2) is 0 Å². The van der Waals surface area contributed by atoms with E-state index in [4.69, 9.17) is 0 Å². The van der Waals surface area contributed by atoms with E-state index >= 15 is 0 Å². The molecule has 1 aliphatic rings. The first-order valence-corrected chi connectivity index (χ1v) is 6.28. The van der Waals surface area contributed by atoms with Crippen LogP contribution >= 0.6 is 0 Å². The maximum Gasteiger partial charge on any atom is 0.0548 e. The van der Waals surface area contributed by atoms with Crippen LogP contribution in [0.4, 0.5) is 0 Å². The smallest absolute Gasteiger partial charge is 0.0548 e. The van der Waals surface area contributed by atoms with E-state index in [9.17, 15) is 0 Å². The molecule has 92 valence electrons. The molecule has 1 aromatic heterocycles. The highest BCUT2D eigenvalue weighted by atomic mass is 15.2. The van der Waals surface area contributed by atoms with E-state index in [1.807, 2.05) is 13.1 Å². The van der Waals surface area contributed by atoms with Gasteiger partial charge in [-0.15, -0.1) is 6.58 Å². The molecule has 2 rings (SSSR count). The Morgan fingerprint density at radius 1 is 1.47 bits per heavy atom. The highest BCUT2D eigenvalue weighted by Gasteiger charge is 2.28. The van der Waals surface area contributed by atoms with E-state index in [0.29, 0.717) is 0 Å². The van der Waals surface area contributed by atoms with Gasteiger partial charge in [-0.2, -0.15) is 0 Å². The predicted molar refractivity (Wildman–Crippen MR) is 70.6 cm³/mol. The number of nitrogens with one attached hydrogen (secondary N) is 1. The summed E-state index contributed by atoms with van der Waals surface area (Å²) in [6, 6.07) is 7.02. The zero-order valence-electron chi connectivity index (χ0n) is 10.5. The lowest BCUT2D eigenvalue weighted by molar-refractivity contribution is 0.280. The van der Waals surface area contributed by atoms with Crippen molar-refractivity contribution >= 4 is 0 Å². The molecule has 0 atom stereocenters. The van der Waals surface area contributed by atoms with Gasteiger partial charge in [0.1, 0.15) is 0 Å². The zero-order valence-corrected chi connectivity index (χ0v) is 10.5. The Kier molecular flexibility index (Phi) is 4.29. The Labute approximate surface area is 104 Å². The summed E-state index contributed by atoms with van der Waals surface area (Å²) in [7, 11) is 1.95. The van der Waals surface area contributed by atoms with Crippen molar-refractivity contribution in [2.24, 2.45) is 0 Å². The first kappa shape index (κ1) is 12.3. The summed E-state index contributed by atoms with van der Waals surface area (Å²) in [4.78, 5) is 7.11. The van der Waals surface area contributed by atoms with Crippen molar-refractivity contribution in [3.8, 4) is 0 Å². The average Bonchev–Trinajstić information content (AvgIpc) is 3.13. The van der Waals surface area contributed by atoms with Gasteiger partial charge in [0.25, 0.3) is 0 Å². The number of nitrogens with zero attached hydrogens (tertiary/aromatic N) is 2. The fourth-order valence-electron chi connectivity index (χ4n) is 2.05. The fourth-order valence-corrected chi connectivity index (χ4v) is 2.05. The van der Waals surface area contributed by atoms with Gasteiger partial charge in [0.15, 0.2) is 0 Å². The zero-order chi connectivity index (χ0) is 12.1. The Bertz CT molecular complexity index is 371. The number of pyridine rings is 1. The second-order valence-corrected chi connectivity index (χ2v) is 4.60. The SMILES string of the molecule is C=CCN(Cc1cccc(CNC)n1)C1CC1. The number of hydrogen-bond acceptors (Lipinski definition) is 3. The molecule has 1 N–H and O–H groups in total. The van der Waals surface area contributed by atoms with E-state index < -0.39 is 0 Å². The van der Waals surface area contributed by atoms with Gasteiger partial charge in [0, 0.05) is 25.7 Å². The third kappa shape index (κ3) is 3.65. The van der Waals surface area contributed by atoms with Crippen LogP contribution in [0.3, 0.4) is 0 Å². The van der Waals surface area contributed by atoms with E-state index in [1.165, 1.54) is 12.8 Å². The molecule has 0 radical (unpaired) electrons. The quantitative estimate of drug-likeness (QED) is 0.727. The third-order valence-corrected chi connectivity index (χ3v) is 3.01. The van der Waals surface area contributed by atoms with Gasteiger partial charge in [0.2, 0.25) is 0 Å². The van der Waals surface area contributed by atoms with Crippen molar-refractivity contribution in [3.63, 3.8) is 0 Å². The summed E-state index contributed by atoms with van der Waals surface area (Å²) in [6.07, 6.45) is 4.63. The second-order valence-electron chi connectivity index (χ2n) is 4.60. The van der Waals surface area contributed by atoms with Crippen molar-refractivity contribution in [1.82, 2.24) is 15.2 Å². The van der Waals surface area contributed by atoms with Crippen LogP contribution in [0.25, 0.3) is 0 Å². The molecular weight excluding hydrogens is 210 g/mol. The monoisotopic (exact) mass is 231 g/mol. The summed E-state index contributed by atoms with van der Waals surface area (Å²) in [6.45, 7) is 6.56. The van der Waals surface area contributed by atoms with Crippen LogP contribution in [0, 0.1) is 0 Å². The van der Waals surface area contributed by atoms with Crippen LogP contribution in [0.1, 0.15) is 24.2 Å². The van der Waals surface area contributed by atoms with Gasteiger partial charge in [-0.3, -0.25) is 9.88 Å². The van der Waals surface area contributed by atoms with E-state index in [-0.39, 0.29) is 0 Å². The first-order valence-electron chi connectivity index (χ1n) is 6.28. The van der Waals surface area contributed by atoms with E-state index in [1.54, 1.807) is 0 Å². The Morgan fingerprint density at radius 3 is 2.88 bits per heavy atom.